The van der Waals surface area contributed by atoms with E-state index in [2.05, 4.69) is 22.0 Å². The fourth-order valence-electron chi connectivity index (χ4n) is 5.71. The van der Waals surface area contributed by atoms with Crippen LogP contribution in [0.1, 0.15) is 27.4 Å². The number of carbonyl (C=O) groups is 2. The van der Waals surface area contributed by atoms with Crippen LogP contribution in [0.5, 0.6) is 11.5 Å². The minimum Gasteiger partial charge on any atom is -0.497 e. The number of esters is 1. The third-order valence-electron chi connectivity index (χ3n) is 7.43. The van der Waals surface area contributed by atoms with Gasteiger partial charge in [-0.05, 0) is 63.5 Å². The van der Waals surface area contributed by atoms with Crippen LogP contribution in [0.15, 0.2) is 77.3 Å². The van der Waals surface area contributed by atoms with Gasteiger partial charge in [-0.2, -0.15) is 5.26 Å². The first-order chi connectivity index (χ1) is 18.4. The summed E-state index contributed by atoms with van der Waals surface area (Å²) in [7, 11) is 4.39. The van der Waals surface area contributed by atoms with Crippen molar-refractivity contribution in [3.8, 4) is 17.6 Å². The number of fused-ring (bicyclic) bond motifs is 3. The first-order valence-corrected chi connectivity index (χ1v) is 12.8. The van der Waals surface area contributed by atoms with Crippen molar-refractivity contribution in [2.75, 3.05) is 26.2 Å². The Morgan fingerprint density at radius 3 is 2.37 bits per heavy atom. The number of Topliss-reactive ketones (excluding diaryl/α,β-unsaturated/α-hetero) is 1. The molecule has 2 aliphatic rings. The molecule has 0 bridgehead atoms. The number of hydrogen-bond donors (Lipinski definition) is 0. The van der Waals surface area contributed by atoms with E-state index in [1.165, 1.54) is 7.11 Å². The summed E-state index contributed by atoms with van der Waals surface area (Å²) in [6.45, 7) is 0. The molecule has 0 saturated carbocycles. The monoisotopic (exact) mass is 572 g/mol. The number of nitriles is 1. The summed E-state index contributed by atoms with van der Waals surface area (Å²) >= 11 is 3.48. The highest BCUT2D eigenvalue weighted by Gasteiger charge is 2.67. The second-order valence-electron chi connectivity index (χ2n) is 9.15. The maximum Gasteiger partial charge on any atom is 0.329 e. The second kappa shape index (κ2) is 9.99. The molecule has 192 valence electrons. The molecule has 8 heteroatoms. The smallest absolute Gasteiger partial charge is 0.329 e. The van der Waals surface area contributed by atoms with Crippen LogP contribution >= 0.6 is 15.9 Å². The molecular weight excluding hydrogens is 548 g/mol. The second-order valence-corrected chi connectivity index (χ2v) is 10.0. The van der Waals surface area contributed by atoms with Gasteiger partial charge in [-0.1, -0.05) is 42.5 Å². The van der Waals surface area contributed by atoms with Gasteiger partial charge in [0.15, 0.2) is 11.2 Å². The van der Waals surface area contributed by atoms with Gasteiger partial charge >= 0.3 is 5.97 Å². The topological polar surface area (TPSA) is 88.9 Å². The molecule has 0 unspecified atom stereocenters. The first-order valence-electron chi connectivity index (χ1n) is 12.0. The van der Waals surface area contributed by atoms with Crippen LogP contribution in [0.25, 0.3) is 6.08 Å². The van der Waals surface area contributed by atoms with Crippen LogP contribution in [0, 0.1) is 16.7 Å². The van der Waals surface area contributed by atoms with E-state index in [1.807, 2.05) is 41.3 Å². The molecule has 0 N–H and O–H groups in total. The van der Waals surface area contributed by atoms with Crippen LogP contribution in [0.2, 0.25) is 0 Å². The average molecular weight is 573 g/mol. The Bertz CT molecular complexity index is 1480. The van der Waals surface area contributed by atoms with E-state index in [-0.39, 0.29) is 5.78 Å². The fraction of sp³-hybridized carbons (Fsp3) is 0.233. The lowest BCUT2D eigenvalue weighted by Gasteiger charge is -2.36. The Morgan fingerprint density at radius 1 is 1.00 bits per heavy atom. The first kappa shape index (κ1) is 25.6. The predicted molar refractivity (Wildman–Crippen MR) is 146 cm³/mol. The minimum atomic E-state index is -1.70. The quantitative estimate of drug-likeness (QED) is 0.288. The molecule has 0 aromatic heterocycles. The van der Waals surface area contributed by atoms with Gasteiger partial charge in [0.2, 0.25) is 0 Å². The molecule has 3 aromatic rings. The number of anilines is 1. The highest BCUT2D eigenvalue weighted by molar-refractivity contribution is 9.10. The molecule has 38 heavy (non-hydrogen) atoms. The minimum absolute atomic E-state index is 0.231. The molecule has 0 amide bonds. The molecule has 7 nitrogen and oxygen atoms in total. The largest absolute Gasteiger partial charge is 0.497 e. The van der Waals surface area contributed by atoms with E-state index in [4.69, 9.17) is 14.2 Å². The zero-order chi connectivity index (χ0) is 27.0. The van der Waals surface area contributed by atoms with Gasteiger partial charge in [0, 0.05) is 17.2 Å². The maximum absolute atomic E-state index is 14.5. The van der Waals surface area contributed by atoms with E-state index < -0.39 is 29.4 Å². The number of rotatable bonds is 6. The SMILES string of the molecule is COC(=O)[C@]1(C#N)[C@@H]2C=Cc3ccccc3N2[C@@H](C(=O)c2ccc(OC)c(Br)c2)[C@@H]1c1ccc(OC)cc1. The number of hydrogen-bond acceptors (Lipinski definition) is 7. The van der Waals surface area contributed by atoms with Crippen LogP contribution in [-0.2, 0) is 9.53 Å². The number of methoxy groups -OCH3 is 3. The van der Waals surface area contributed by atoms with Gasteiger partial charge < -0.3 is 19.1 Å². The van der Waals surface area contributed by atoms with E-state index in [9.17, 15) is 14.9 Å². The van der Waals surface area contributed by atoms with Gasteiger partial charge in [-0.3, -0.25) is 9.59 Å². The maximum atomic E-state index is 14.5. The van der Waals surface area contributed by atoms with Crippen molar-refractivity contribution >= 4 is 39.4 Å². The van der Waals surface area contributed by atoms with E-state index >= 15 is 0 Å². The van der Waals surface area contributed by atoms with Gasteiger partial charge in [0.1, 0.15) is 17.5 Å². The van der Waals surface area contributed by atoms with Crippen LogP contribution in [-0.4, -0.2) is 45.2 Å². The summed E-state index contributed by atoms with van der Waals surface area (Å²) in [4.78, 5) is 30.0. The van der Waals surface area contributed by atoms with Gasteiger partial charge in [-0.15, -0.1) is 0 Å². The third-order valence-corrected chi connectivity index (χ3v) is 8.05. The number of ether oxygens (including phenoxy) is 3. The summed E-state index contributed by atoms with van der Waals surface area (Å²) in [5.41, 5.74) is 1.04. The molecule has 0 spiro atoms. The highest BCUT2D eigenvalue weighted by Crippen LogP contribution is 2.56. The van der Waals surface area contributed by atoms with Gasteiger partial charge in [0.05, 0.1) is 37.9 Å². The Balaban J connectivity index is 1.79. The van der Waals surface area contributed by atoms with Crippen LogP contribution in [0.4, 0.5) is 5.69 Å². The average Bonchev–Trinajstić information content (AvgIpc) is 3.28. The van der Waals surface area contributed by atoms with Crippen molar-refractivity contribution in [3.63, 3.8) is 0 Å². The predicted octanol–water partition coefficient (Wildman–Crippen LogP) is 5.40. The lowest BCUT2D eigenvalue weighted by Crippen LogP contribution is -2.46. The van der Waals surface area contributed by atoms with E-state index in [0.717, 1.165) is 11.3 Å². The third kappa shape index (κ3) is 3.77. The molecule has 2 heterocycles. The molecule has 0 aliphatic carbocycles. The summed E-state index contributed by atoms with van der Waals surface area (Å²) in [5, 5.41) is 10.7. The van der Waals surface area contributed by atoms with E-state index in [1.54, 1.807) is 56.7 Å². The van der Waals surface area contributed by atoms with Crippen LogP contribution < -0.4 is 14.4 Å². The fourth-order valence-corrected chi connectivity index (χ4v) is 6.25. The number of carbonyl (C=O) groups excluding carboxylic acids is 2. The van der Waals surface area contributed by atoms with Crippen molar-refractivity contribution in [1.29, 1.82) is 5.26 Å². The molecule has 1 fully saturated rings. The molecule has 4 atom stereocenters. The number of ketones is 1. The van der Waals surface area contributed by atoms with Crippen LogP contribution in [0.3, 0.4) is 0 Å². The zero-order valence-corrected chi connectivity index (χ0v) is 22.6. The molecule has 0 radical (unpaired) electrons. The Labute approximate surface area is 229 Å². The van der Waals surface area contributed by atoms with Crippen molar-refractivity contribution in [2.24, 2.45) is 5.41 Å². The van der Waals surface area contributed by atoms with Crippen molar-refractivity contribution < 1.29 is 23.8 Å². The zero-order valence-electron chi connectivity index (χ0n) is 21.1. The molecule has 1 saturated heterocycles. The number of benzene rings is 3. The standard InChI is InChI=1S/C30H25BrN2O5/c1-36-21-12-8-19(9-13-21)26-27(28(34)20-10-14-24(37-2)22(31)16-20)33-23-7-5-4-6-18(23)11-15-25(33)30(26,17-32)29(35)38-3/h4-16,25-27H,1-3H3/t25-,26-,27+,30+/m0/s1. The molecule has 3 aromatic carbocycles. The van der Waals surface area contributed by atoms with Gasteiger partial charge in [-0.25, -0.2) is 0 Å². The Hall–Kier alpha value is -4.09. The van der Waals surface area contributed by atoms with E-state index in [0.29, 0.717) is 27.1 Å². The lowest BCUT2D eigenvalue weighted by atomic mass is 9.68. The summed E-state index contributed by atoms with van der Waals surface area (Å²) in [6.07, 6.45) is 3.73. The number of nitrogens with zero attached hydrogens (tertiary/aromatic N) is 2. The summed E-state index contributed by atoms with van der Waals surface area (Å²) in [5.74, 6) is -0.557. The normalized spacial score (nSPS) is 23.1. The van der Waals surface area contributed by atoms with Crippen molar-refractivity contribution in [2.45, 2.75) is 18.0 Å². The van der Waals surface area contributed by atoms with Gasteiger partial charge in [0.25, 0.3) is 0 Å². The lowest BCUT2D eigenvalue weighted by molar-refractivity contribution is -0.150. The molecule has 2 aliphatic heterocycles. The number of halogens is 1. The molecule has 5 rings (SSSR count). The number of para-hydroxylation sites is 1. The Morgan fingerprint density at radius 2 is 1.74 bits per heavy atom. The summed E-state index contributed by atoms with van der Waals surface area (Å²) < 4.78 is 16.6. The van der Waals surface area contributed by atoms with Crippen molar-refractivity contribution in [3.05, 3.63) is 94.0 Å². The Kier molecular flexibility index (Phi) is 6.72. The molecular formula is C30H25BrN2O5. The van der Waals surface area contributed by atoms with Crippen molar-refractivity contribution in [1.82, 2.24) is 0 Å². The highest BCUT2D eigenvalue weighted by atomic mass is 79.9. The summed E-state index contributed by atoms with van der Waals surface area (Å²) in [6, 6.07) is 20.6.